The molecule has 2 fully saturated rings. The molecule has 8 heteroatoms. The fourth-order valence-electron chi connectivity index (χ4n) is 5.56. The summed E-state index contributed by atoms with van der Waals surface area (Å²) in [5.74, 6) is -2.76. The zero-order valence-electron chi connectivity index (χ0n) is 16.1. The van der Waals surface area contributed by atoms with Crippen LogP contribution in [0.3, 0.4) is 0 Å². The van der Waals surface area contributed by atoms with Crippen molar-refractivity contribution in [2.75, 3.05) is 0 Å². The van der Waals surface area contributed by atoms with Crippen molar-refractivity contribution in [2.24, 2.45) is 11.8 Å². The molecular formula is C24H12Br4O4. The van der Waals surface area contributed by atoms with Crippen molar-refractivity contribution >= 4 is 75.7 Å². The quantitative estimate of drug-likeness (QED) is 0.133. The summed E-state index contributed by atoms with van der Waals surface area (Å²) >= 11 is 14.9. The third-order valence-electron chi connectivity index (χ3n) is 6.66. The molecule has 3 heterocycles. The van der Waals surface area contributed by atoms with Crippen LogP contribution in [0.1, 0.15) is 22.3 Å². The van der Waals surface area contributed by atoms with E-state index in [1.807, 2.05) is 60.7 Å². The number of hydrogen-bond donors (Lipinski definition) is 0. The fraction of sp³-hybridized carbons (Fsp3) is 0.167. The lowest BCUT2D eigenvalue weighted by Crippen LogP contribution is -2.42. The number of cyclic esters (lactones) is 2. The average molecular weight is 684 g/mol. The van der Waals surface area contributed by atoms with Gasteiger partial charge in [0.2, 0.25) is 0 Å². The predicted octanol–water partition coefficient (Wildman–Crippen LogP) is 6.58. The van der Waals surface area contributed by atoms with Gasteiger partial charge in [0.25, 0.3) is 0 Å². The van der Waals surface area contributed by atoms with Gasteiger partial charge in [-0.3, -0.25) is 9.59 Å². The Kier molecular flexibility index (Phi) is 4.70. The first-order valence-corrected chi connectivity index (χ1v) is 13.0. The summed E-state index contributed by atoms with van der Waals surface area (Å²) in [5, 5.41) is 0. The average Bonchev–Trinajstić information content (AvgIpc) is 3.43. The number of ether oxygens (including phenoxy) is 2. The lowest BCUT2D eigenvalue weighted by atomic mass is 9.61. The van der Waals surface area contributed by atoms with Crippen LogP contribution in [0.15, 0.2) is 78.6 Å². The second-order valence-corrected chi connectivity index (χ2v) is 11.2. The molecule has 0 aromatic heterocycles. The number of fused-ring (bicyclic) bond motifs is 8. The highest BCUT2D eigenvalue weighted by Crippen LogP contribution is 2.73. The minimum atomic E-state index is -1.20. The van der Waals surface area contributed by atoms with Gasteiger partial charge in [-0.1, -0.05) is 60.7 Å². The number of rotatable bonds is 2. The largest absolute Gasteiger partial charge is 0.392 e. The summed E-state index contributed by atoms with van der Waals surface area (Å²) in [5.41, 5.74) is 0.792. The minimum absolute atomic E-state index is 0.561. The Morgan fingerprint density at radius 1 is 0.594 bits per heavy atom. The standard InChI is InChI=1S/C24H12Br4O4/c25-17-13-14(18(26)20(28)19(17)27)24(12-9-5-2-6-10-12)16-15(21(29)31-22(16)30)23(13,32-24)11-7-3-1-4-8-11/h1-10,15-16H/t15-,16-,23-,24-/m1/s1. The molecule has 2 bridgehead atoms. The summed E-state index contributed by atoms with van der Waals surface area (Å²) in [4.78, 5) is 26.4. The molecule has 6 rings (SSSR count). The Morgan fingerprint density at radius 3 is 1.34 bits per heavy atom. The van der Waals surface area contributed by atoms with Crippen LogP contribution < -0.4 is 0 Å². The first kappa shape index (κ1) is 21.2. The van der Waals surface area contributed by atoms with Crippen LogP contribution in [0.25, 0.3) is 0 Å². The lowest BCUT2D eigenvalue weighted by molar-refractivity contribution is -0.162. The molecule has 160 valence electrons. The molecule has 2 saturated heterocycles. The Bertz CT molecular complexity index is 1230. The van der Waals surface area contributed by atoms with E-state index in [-0.39, 0.29) is 0 Å². The minimum Gasteiger partial charge on any atom is -0.392 e. The van der Waals surface area contributed by atoms with Crippen molar-refractivity contribution < 1.29 is 19.1 Å². The molecule has 0 unspecified atom stereocenters. The second-order valence-electron chi connectivity index (χ2n) is 8.01. The van der Waals surface area contributed by atoms with Gasteiger partial charge in [0, 0.05) is 29.0 Å². The van der Waals surface area contributed by atoms with Gasteiger partial charge in [0.15, 0.2) is 0 Å². The summed E-state index contributed by atoms with van der Waals surface area (Å²) < 4.78 is 15.4. The normalized spacial score (nSPS) is 29.8. The molecule has 0 amide bonds. The van der Waals surface area contributed by atoms with Gasteiger partial charge in [-0.25, -0.2) is 0 Å². The van der Waals surface area contributed by atoms with E-state index >= 15 is 0 Å². The number of benzene rings is 3. The molecule has 3 aromatic rings. The van der Waals surface area contributed by atoms with Crippen LogP contribution in [0.4, 0.5) is 0 Å². The topological polar surface area (TPSA) is 52.6 Å². The van der Waals surface area contributed by atoms with Gasteiger partial charge in [0.05, 0.1) is 0 Å². The van der Waals surface area contributed by atoms with E-state index < -0.39 is 35.0 Å². The van der Waals surface area contributed by atoms with Gasteiger partial charge in [-0.15, -0.1) is 0 Å². The summed E-state index contributed by atoms with van der Waals surface area (Å²) in [6, 6.07) is 19.2. The SMILES string of the molecule is O=C1OC(=O)[C@H]2[C@H]1[C@]1(c3ccccc3)O[C@]2(c2ccccc2)c2c(Br)c(Br)c(Br)c(Br)c21. The van der Waals surface area contributed by atoms with Gasteiger partial charge >= 0.3 is 11.9 Å². The van der Waals surface area contributed by atoms with E-state index in [1.165, 1.54) is 0 Å². The summed E-state index contributed by atoms with van der Waals surface area (Å²) in [6.45, 7) is 0. The maximum Gasteiger partial charge on any atom is 0.321 e. The molecule has 0 aliphatic carbocycles. The van der Waals surface area contributed by atoms with Gasteiger partial charge < -0.3 is 9.47 Å². The van der Waals surface area contributed by atoms with Crippen LogP contribution >= 0.6 is 63.7 Å². The van der Waals surface area contributed by atoms with Crippen molar-refractivity contribution in [2.45, 2.75) is 11.2 Å². The molecule has 4 atom stereocenters. The van der Waals surface area contributed by atoms with E-state index in [1.54, 1.807) is 0 Å². The van der Waals surface area contributed by atoms with Crippen LogP contribution in [-0.4, -0.2) is 11.9 Å². The smallest absolute Gasteiger partial charge is 0.321 e. The third-order valence-corrected chi connectivity index (χ3v) is 11.4. The first-order chi connectivity index (χ1) is 15.4. The molecular weight excluding hydrogens is 672 g/mol. The van der Waals surface area contributed by atoms with E-state index in [0.29, 0.717) is 0 Å². The van der Waals surface area contributed by atoms with Crippen molar-refractivity contribution in [3.05, 3.63) is 101 Å². The maximum absolute atomic E-state index is 13.2. The molecule has 3 aromatic carbocycles. The summed E-state index contributed by atoms with van der Waals surface area (Å²) in [6.07, 6.45) is 0. The fourth-order valence-corrected chi connectivity index (χ4v) is 8.27. The molecule has 0 spiro atoms. The number of carbonyl (C=O) groups excluding carboxylic acids is 2. The van der Waals surface area contributed by atoms with E-state index in [9.17, 15) is 9.59 Å². The van der Waals surface area contributed by atoms with Crippen molar-refractivity contribution in [1.82, 2.24) is 0 Å². The van der Waals surface area contributed by atoms with E-state index in [0.717, 1.165) is 40.1 Å². The first-order valence-electron chi connectivity index (χ1n) is 9.79. The molecule has 3 aliphatic heterocycles. The van der Waals surface area contributed by atoms with Crippen molar-refractivity contribution in [3.8, 4) is 0 Å². The van der Waals surface area contributed by atoms with Crippen LogP contribution in [0.5, 0.6) is 0 Å². The molecule has 4 nitrogen and oxygen atoms in total. The molecule has 32 heavy (non-hydrogen) atoms. The number of halogens is 4. The number of esters is 2. The van der Waals surface area contributed by atoms with Gasteiger partial charge in [0.1, 0.15) is 23.0 Å². The highest BCUT2D eigenvalue weighted by Gasteiger charge is 2.79. The highest BCUT2D eigenvalue weighted by atomic mass is 79.9. The monoisotopic (exact) mass is 680 g/mol. The Balaban J connectivity index is 1.84. The zero-order valence-corrected chi connectivity index (χ0v) is 22.4. The van der Waals surface area contributed by atoms with Gasteiger partial charge in [-0.05, 0) is 74.8 Å². The van der Waals surface area contributed by atoms with Crippen LogP contribution in [0, 0.1) is 11.8 Å². The lowest BCUT2D eigenvalue weighted by Gasteiger charge is -2.35. The highest BCUT2D eigenvalue weighted by molar-refractivity contribution is 9.15. The van der Waals surface area contributed by atoms with Crippen LogP contribution in [0.2, 0.25) is 0 Å². The Morgan fingerprint density at radius 2 is 0.969 bits per heavy atom. The Hall–Kier alpha value is -1.32. The Labute approximate surface area is 217 Å². The second kappa shape index (κ2) is 7.09. The maximum atomic E-state index is 13.2. The number of hydrogen-bond acceptors (Lipinski definition) is 4. The molecule has 3 aliphatic rings. The zero-order chi connectivity index (χ0) is 22.4. The predicted molar refractivity (Wildman–Crippen MR) is 131 cm³/mol. The number of carbonyl (C=O) groups is 2. The van der Waals surface area contributed by atoms with Gasteiger partial charge in [-0.2, -0.15) is 0 Å². The van der Waals surface area contributed by atoms with Crippen molar-refractivity contribution in [3.63, 3.8) is 0 Å². The van der Waals surface area contributed by atoms with E-state index in [4.69, 9.17) is 9.47 Å². The third kappa shape index (κ3) is 2.35. The van der Waals surface area contributed by atoms with Crippen LogP contribution in [-0.2, 0) is 30.3 Å². The molecule has 0 saturated carbocycles. The molecule has 0 N–H and O–H groups in total. The van der Waals surface area contributed by atoms with Crippen molar-refractivity contribution in [1.29, 1.82) is 0 Å². The summed E-state index contributed by atoms with van der Waals surface area (Å²) in [7, 11) is 0. The molecule has 0 radical (unpaired) electrons. The van der Waals surface area contributed by atoms with E-state index in [2.05, 4.69) is 63.7 Å².